The van der Waals surface area contributed by atoms with E-state index < -0.39 is 8.07 Å². The van der Waals surface area contributed by atoms with Crippen molar-refractivity contribution in [2.45, 2.75) is 59.5 Å². The van der Waals surface area contributed by atoms with Gasteiger partial charge in [0.1, 0.15) is 12.4 Å². The zero-order chi connectivity index (χ0) is 65.0. The van der Waals surface area contributed by atoms with Gasteiger partial charge in [0.2, 0.25) is 17.3 Å². The Morgan fingerprint density at radius 2 is 0.937 bits per heavy atom. The van der Waals surface area contributed by atoms with Crippen molar-refractivity contribution in [3.05, 3.63) is 296 Å². The second-order valence-electron chi connectivity index (χ2n) is 23.1. The van der Waals surface area contributed by atoms with Gasteiger partial charge in [-0.05, 0) is 89.5 Å². The van der Waals surface area contributed by atoms with Crippen molar-refractivity contribution in [3.63, 3.8) is 0 Å². The normalized spacial score (nSPS) is 11.1. The molecule has 0 spiro atoms. The molecule has 95 heavy (non-hydrogen) atoms. The van der Waals surface area contributed by atoms with Crippen LogP contribution in [0.2, 0.25) is 40.8 Å². The van der Waals surface area contributed by atoms with Crippen LogP contribution < -0.4 is 5.43 Å². The maximum Gasteiger partial charge on any atom is 0.230 e. The van der Waals surface area contributed by atoms with Crippen LogP contribution in [0.25, 0.3) is 32.7 Å². The summed E-state index contributed by atoms with van der Waals surface area (Å²) in [7, 11) is -1.23. The van der Waals surface area contributed by atoms with Crippen LogP contribution in [-0.4, -0.2) is 94.0 Å². The molecule has 0 saturated heterocycles. The highest BCUT2D eigenvalue weighted by Crippen LogP contribution is 2.29. The topological polar surface area (TPSA) is 209 Å². The smallest absolute Gasteiger partial charge is 0.230 e. The third kappa shape index (κ3) is 17.2. The first-order valence-electron chi connectivity index (χ1n) is 29.7. The zero-order valence-electron chi connectivity index (χ0n) is 51.3. The van der Waals surface area contributed by atoms with Crippen molar-refractivity contribution >= 4 is 130 Å². The quantitative estimate of drug-likeness (QED) is 0.0146. The highest BCUT2D eigenvalue weighted by molar-refractivity contribution is 6.76. The largest absolute Gasteiger partial charge is 0.361 e. The molecule has 482 valence electrons. The molecule has 0 amide bonds. The second kappa shape index (κ2) is 31.7. The van der Waals surface area contributed by atoms with E-state index in [1.807, 2.05) is 204 Å². The Bertz CT molecular complexity index is 4830. The van der Waals surface area contributed by atoms with Gasteiger partial charge in [0.25, 0.3) is 0 Å². The summed E-state index contributed by atoms with van der Waals surface area (Å²) >= 11 is 18.0. The van der Waals surface area contributed by atoms with Crippen LogP contribution >= 0.6 is 47.2 Å². The molecular weight excluding hydrogens is 1300 g/mol. The van der Waals surface area contributed by atoms with E-state index in [0.717, 1.165) is 61.1 Å². The number of ether oxygens (including phenoxy) is 1. The molecule has 17 nitrogen and oxygen atoms in total. The van der Waals surface area contributed by atoms with Gasteiger partial charge in [-0.25, -0.2) is 15.0 Å². The third-order valence-corrected chi connectivity index (χ3v) is 17.6. The summed E-state index contributed by atoms with van der Waals surface area (Å²) in [6.07, 6.45) is 13.0. The number of nitrogens with one attached hydrogen (secondary N) is 3. The number of hydrogen-bond donors (Lipinski definition) is 3. The van der Waals surface area contributed by atoms with Gasteiger partial charge in [-0.3, -0.25) is 29.4 Å². The van der Waals surface area contributed by atoms with Crippen LogP contribution in [0.5, 0.6) is 0 Å². The molecule has 6 aromatic heterocycles. The standard InChI is InChI=1S/C26H20ClN5O.C26H28ClN3O3Si.C20H14ClN3O2.CH4.ClH/c27-19-12-10-18(11-13-19)16-32-17-23(22-8-4-5-9-24(22)32)25(33)26-28-14-21(30-26)15-29-31-20-6-2-1-3-7-20;1-34(2,3)13-12-33-18-30-15-21(17-31)28-26(30)25(32)23-16-29(24-7-5-4-6-22(23)24)14-19-8-10-20(27)11-9-19;21-14-7-5-13(6-8-14)10-24-11-17(16-3-1-2-4-18(16)24)19(26)20-22-9-15(12-25)23-20;;/h1-15,17,31H,16H2,(H,28,30);4-11,15-17H,12-14,18H2,1-3H3;1-9,11-12H,10H2,(H,22,23);1H4;1H/b29-15+;;;;. The summed E-state index contributed by atoms with van der Waals surface area (Å²) in [5.41, 5.74) is 12.7. The number of fused-ring (bicyclic) bond motifs is 3. The van der Waals surface area contributed by atoms with Crippen LogP contribution in [0.1, 0.15) is 99.3 Å². The van der Waals surface area contributed by atoms with Gasteiger partial charge >= 0.3 is 0 Å². The van der Waals surface area contributed by atoms with Crippen LogP contribution in [0.15, 0.2) is 218 Å². The number of hydrazone groups is 1. The van der Waals surface area contributed by atoms with E-state index in [1.165, 1.54) is 6.20 Å². The fourth-order valence-corrected chi connectivity index (χ4v) is 11.6. The minimum Gasteiger partial charge on any atom is -0.361 e. The van der Waals surface area contributed by atoms with Crippen LogP contribution in [0, 0.1) is 0 Å². The predicted molar refractivity (Wildman–Crippen MR) is 384 cm³/mol. The van der Waals surface area contributed by atoms with Gasteiger partial charge in [0.05, 0.1) is 52.4 Å². The number of carbonyl (C=O) groups excluding carboxylic acids is 5. The number of hydrogen-bond acceptors (Lipinski definition) is 11. The average molecular weight is 1360 g/mol. The minimum atomic E-state index is -1.23. The zero-order valence-corrected chi connectivity index (χ0v) is 55.3. The maximum atomic E-state index is 13.6. The number of nitrogens with zero attached hydrogens (tertiary/aromatic N) is 8. The molecule has 13 rings (SSSR count). The highest BCUT2D eigenvalue weighted by atomic mass is 35.5. The number of benzene rings is 7. The number of carbonyl (C=O) groups is 5. The van der Waals surface area contributed by atoms with Crippen molar-refractivity contribution in [2.24, 2.45) is 5.10 Å². The van der Waals surface area contributed by atoms with E-state index >= 15 is 0 Å². The molecular formula is C73H67Cl4N11O6Si. The van der Waals surface area contributed by atoms with Crippen molar-refractivity contribution in [1.29, 1.82) is 0 Å². The molecule has 0 aliphatic carbocycles. The van der Waals surface area contributed by atoms with E-state index in [9.17, 15) is 24.0 Å². The Kier molecular flexibility index (Phi) is 23.1. The monoisotopic (exact) mass is 1360 g/mol. The van der Waals surface area contributed by atoms with E-state index in [-0.39, 0.29) is 72.8 Å². The lowest BCUT2D eigenvalue weighted by atomic mass is 10.1. The molecule has 3 N–H and O–H groups in total. The fourth-order valence-electron chi connectivity index (χ4n) is 10.4. The molecule has 7 aromatic carbocycles. The van der Waals surface area contributed by atoms with E-state index in [2.05, 4.69) is 59.7 Å². The first-order chi connectivity index (χ1) is 45.1. The van der Waals surface area contributed by atoms with Crippen LogP contribution in [0.3, 0.4) is 0 Å². The number of H-pyrrole nitrogens is 2. The molecule has 22 heteroatoms. The molecule has 0 fully saturated rings. The molecule has 0 bridgehead atoms. The van der Waals surface area contributed by atoms with E-state index in [4.69, 9.17) is 39.5 Å². The fraction of sp³-hybridized carbons (Fsp3) is 0.137. The molecule has 13 aromatic rings. The second-order valence-corrected chi connectivity index (χ2v) is 30.0. The lowest BCUT2D eigenvalue weighted by Crippen LogP contribution is -2.22. The summed E-state index contributed by atoms with van der Waals surface area (Å²) in [5, 5.41) is 8.82. The summed E-state index contributed by atoms with van der Waals surface area (Å²) in [6, 6.07) is 57.0. The summed E-state index contributed by atoms with van der Waals surface area (Å²) in [5.74, 6) is -0.0367. The Labute approximate surface area is 570 Å². The van der Waals surface area contributed by atoms with Gasteiger partial charge in [-0.2, -0.15) is 5.10 Å². The number of anilines is 1. The van der Waals surface area contributed by atoms with Crippen molar-refractivity contribution in [1.82, 2.24) is 43.2 Å². The first kappa shape index (κ1) is 69.3. The maximum absolute atomic E-state index is 13.6. The lowest BCUT2D eigenvalue weighted by molar-refractivity contribution is 0.0812. The number of aromatic nitrogens is 9. The number of imidazole rings is 3. The van der Waals surface area contributed by atoms with Gasteiger partial charge in [0.15, 0.2) is 30.0 Å². The van der Waals surface area contributed by atoms with Crippen LogP contribution in [-0.2, 0) is 31.1 Å². The van der Waals surface area contributed by atoms with E-state index in [1.54, 1.807) is 23.2 Å². The average Bonchev–Trinajstić information content (AvgIpc) is 1.67. The van der Waals surface area contributed by atoms with Gasteiger partial charge < -0.3 is 33.0 Å². The number of rotatable bonds is 22. The Balaban J connectivity index is 0.000000167. The summed E-state index contributed by atoms with van der Waals surface area (Å²) in [4.78, 5) is 80.4. The minimum absolute atomic E-state index is 0. The van der Waals surface area contributed by atoms with E-state index in [0.29, 0.717) is 76.3 Å². The Morgan fingerprint density at radius 1 is 0.526 bits per heavy atom. The lowest BCUT2D eigenvalue weighted by Gasteiger charge is -2.15. The first-order valence-corrected chi connectivity index (χ1v) is 34.5. The van der Waals surface area contributed by atoms with Crippen LogP contribution in [0.4, 0.5) is 5.69 Å². The number of para-hydroxylation sites is 4. The summed E-state index contributed by atoms with van der Waals surface area (Å²) in [6.45, 7) is 9.48. The Morgan fingerprint density at radius 3 is 1.36 bits per heavy atom. The van der Waals surface area contributed by atoms with Crippen molar-refractivity contribution in [2.75, 3.05) is 12.0 Å². The third-order valence-electron chi connectivity index (χ3n) is 15.2. The number of halogens is 4. The van der Waals surface area contributed by atoms with Gasteiger partial charge in [0, 0.05) is 107 Å². The Hall–Kier alpha value is -10.1. The van der Waals surface area contributed by atoms with Gasteiger partial charge in [-0.15, -0.1) is 12.4 Å². The summed E-state index contributed by atoms with van der Waals surface area (Å²) < 4.78 is 13.6. The molecule has 0 unspecified atom stereocenters. The predicted octanol–water partition coefficient (Wildman–Crippen LogP) is 16.8. The number of aromatic amines is 2. The SMILES string of the molecule is C.C[Si](C)(C)CCOCn1cc(C=O)nc1C(=O)c1cn(Cc2ccc(Cl)cc2)c2ccccc12.Cl.O=C(c1ncc(/C=N/Nc2ccccc2)[nH]1)c1cn(Cc2ccc(Cl)cc2)c2ccccc12.O=Cc1cnc(C(=O)c2cn(Cc3ccc(Cl)cc3)c3ccccc23)[nH]1. The molecule has 0 saturated carbocycles. The van der Waals surface area contributed by atoms with Gasteiger partial charge in [-0.1, -0.05) is 171 Å². The molecule has 6 heterocycles. The molecule has 0 aliphatic rings. The molecule has 0 aliphatic heterocycles. The molecule has 0 atom stereocenters. The number of aldehydes is 2. The van der Waals surface area contributed by atoms with Crippen molar-refractivity contribution in [3.8, 4) is 0 Å². The highest BCUT2D eigenvalue weighted by Gasteiger charge is 2.25. The number of ketones is 3. The molecule has 0 radical (unpaired) electrons. The van der Waals surface area contributed by atoms with Crippen molar-refractivity contribution < 1.29 is 28.7 Å².